The van der Waals surface area contributed by atoms with Crippen molar-refractivity contribution in [2.45, 2.75) is 25.3 Å². The highest BCUT2D eigenvalue weighted by Crippen LogP contribution is 2.26. The first-order valence-corrected chi connectivity index (χ1v) is 7.51. The van der Waals surface area contributed by atoms with Gasteiger partial charge in [0, 0.05) is 23.5 Å². The van der Waals surface area contributed by atoms with Crippen LogP contribution >= 0.6 is 12.2 Å². The van der Waals surface area contributed by atoms with Crippen molar-refractivity contribution < 1.29 is 4.79 Å². The molecule has 0 spiro atoms. The first-order chi connectivity index (χ1) is 10.2. The van der Waals surface area contributed by atoms with Gasteiger partial charge in [-0.05, 0) is 24.3 Å². The Morgan fingerprint density at radius 3 is 2.90 bits per heavy atom. The van der Waals surface area contributed by atoms with E-state index < -0.39 is 0 Å². The molecule has 1 aromatic heterocycles. The normalized spacial score (nSPS) is 21.3. The molecule has 108 valence electrons. The molecule has 3 rings (SSSR count). The first-order valence-electron chi connectivity index (χ1n) is 7.11. The minimum absolute atomic E-state index is 0.0239. The van der Waals surface area contributed by atoms with E-state index in [2.05, 4.69) is 10.3 Å². The van der Waals surface area contributed by atoms with Crippen LogP contribution in [-0.2, 0) is 0 Å². The standard InChI is InChI=1S/C16H17N3OS/c17-15(21)12-6-3-7-13(12)19-16(20)14-11-5-2-1-4-10(11)8-9-18-14/h1-2,4-5,8-9,12-13H,3,6-7H2,(H2,17,21)(H,19,20). The molecule has 0 radical (unpaired) electrons. The molecule has 0 bridgehead atoms. The summed E-state index contributed by atoms with van der Waals surface area (Å²) in [4.78, 5) is 17.3. The topological polar surface area (TPSA) is 68.0 Å². The number of aromatic nitrogens is 1. The minimum atomic E-state index is -0.153. The van der Waals surface area contributed by atoms with E-state index in [9.17, 15) is 4.79 Å². The summed E-state index contributed by atoms with van der Waals surface area (Å²) < 4.78 is 0. The van der Waals surface area contributed by atoms with Crippen LogP contribution in [0.25, 0.3) is 10.8 Å². The van der Waals surface area contributed by atoms with E-state index >= 15 is 0 Å². The van der Waals surface area contributed by atoms with Gasteiger partial charge in [0.1, 0.15) is 5.69 Å². The van der Waals surface area contributed by atoms with Crippen molar-refractivity contribution in [3.05, 3.63) is 42.2 Å². The summed E-state index contributed by atoms with van der Waals surface area (Å²) >= 11 is 5.09. The van der Waals surface area contributed by atoms with Gasteiger partial charge in [-0.2, -0.15) is 0 Å². The third-order valence-electron chi connectivity index (χ3n) is 4.09. The lowest BCUT2D eigenvalue weighted by Gasteiger charge is -2.20. The highest BCUT2D eigenvalue weighted by Gasteiger charge is 2.31. The van der Waals surface area contributed by atoms with Crippen LogP contribution in [0.5, 0.6) is 0 Å². The van der Waals surface area contributed by atoms with Crippen molar-refractivity contribution >= 4 is 33.9 Å². The maximum atomic E-state index is 12.5. The number of amides is 1. The van der Waals surface area contributed by atoms with Gasteiger partial charge in [-0.15, -0.1) is 0 Å². The predicted molar refractivity (Wildman–Crippen MR) is 87.1 cm³/mol. The summed E-state index contributed by atoms with van der Waals surface area (Å²) in [6, 6.07) is 9.67. The van der Waals surface area contributed by atoms with Crippen LogP contribution in [0.1, 0.15) is 29.8 Å². The number of benzene rings is 1. The van der Waals surface area contributed by atoms with Crippen LogP contribution in [0.2, 0.25) is 0 Å². The summed E-state index contributed by atoms with van der Waals surface area (Å²) in [6.45, 7) is 0. The second-order valence-electron chi connectivity index (χ2n) is 5.40. The molecule has 1 aromatic carbocycles. The molecule has 1 amide bonds. The van der Waals surface area contributed by atoms with Gasteiger partial charge >= 0.3 is 0 Å². The minimum Gasteiger partial charge on any atom is -0.393 e. The number of nitrogens with one attached hydrogen (secondary N) is 1. The molecule has 1 aliphatic rings. The summed E-state index contributed by atoms with van der Waals surface area (Å²) in [5.74, 6) is -0.0566. The molecule has 0 saturated heterocycles. The molecule has 2 atom stereocenters. The summed E-state index contributed by atoms with van der Waals surface area (Å²) in [5.41, 5.74) is 6.22. The lowest BCUT2D eigenvalue weighted by molar-refractivity contribution is 0.0930. The number of thiocarbonyl (C=S) groups is 1. The van der Waals surface area contributed by atoms with Crippen molar-refractivity contribution in [1.82, 2.24) is 10.3 Å². The largest absolute Gasteiger partial charge is 0.393 e. The summed E-state index contributed by atoms with van der Waals surface area (Å²) in [5, 5.41) is 4.92. The fourth-order valence-corrected chi connectivity index (χ4v) is 3.29. The Kier molecular flexibility index (Phi) is 3.84. The van der Waals surface area contributed by atoms with Crippen molar-refractivity contribution in [2.24, 2.45) is 11.7 Å². The Morgan fingerprint density at radius 1 is 1.29 bits per heavy atom. The Labute approximate surface area is 128 Å². The van der Waals surface area contributed by atoms with Gasteiger partial charge in [0.15, 0.2) is 0 Å². The quantitative estimate of drug-likeness (QED) is 0.854. The van der Waals surface area contributed by atoms with E-state index in [0.29, 0.717) is 10.7 Å². The molecular weight excluding hydrogens is 282 g/mol. The summed E-state index contributed by atoms with van der Waals surface area (Å²) in [6.07, 6.45) is 4.56. The fraction of sp³-hybridized carbons (Fsp3) is 0.312. The van der Waals surface area contributed by atoms with E-state index in [0.717, 1.165) is 30.0 Å². The SMILES string of the molecule is NC(=S)C1CCCC1NC(=O)c1nccc2ccccc12. The number of rotatable bonds is 3. The number of nitrogens with two attached hydrogens (primary N) is 1. The van der Waals surface area contributed by atoms with E-state index in [-0.39, 0.29) is 17.9 Å². The van der Waals surface area contributed by atoms with E-state index in [4.69, 9.17) is 18.0 Å². The molecule has 2 unspecified atom stereocenters. The van der Waals surface area contributed by atoms with Crippen LogP contribution in [0.4, 0.5) is 0 Å². The second kappa shape index (κ2) is 5.77. The lowest BCUT2D eigenvalue weighted by Crippen LogP contribution is -2.42. The number of fused-ring (bicyclic) bond motifs is 1. The predicted octanol–water partition coefficient (Wildman–Crippen LogP) is 2.42. The molecule has 1 heterocycles. The number of hydrogen-bond acceptors (Lipinski definition) is 3. The van der Waals surface area contributed by atoms with Crippen molar-refractivity contribution in [3.8, 4) is 0 Å². The molecule has 1 fully saturated rings. The highest BCUT2D eigenvalue weighted by atomic mass is 32.1. The number of nitrogens with zero attached hydrogens (tertiary/aromatic N) is 1. The van der Waals surface area contributed by atoms with Gasteiger partial charge in [0.05, 0.1) is 4.99 Å². The lowest BCUT2D eigenvalue weighted by atomic mass is 10.0. The van der Waals surface area contributed by atoms with Crippen LogP contribution in [0.15, 0.2) is 36.5 Å². The van der Waals surface area contributed by atoms with Gasteiger partial charge in [-0.1, -0.05) is 42.9 Å². The van der Waals surface area contributed by atoms with Crippen LogP contribution < -0.4 is 11.1 Å². The third kappa shape index (κ3) is 2.74. The maximum absolute atomic E-state index is 12.5. The number of hydrogen-bond donors (Lipinski definition) is 2. The monoisotopic (exact) mass is 299 g/mol. The highest BCUT2D eigenvalue weighted by molar-refractivity contribution is 7.80. The molecule has 4 nitrogen and oxygen atoms in total. The Balaban J connectivity index is 1.86. The zero-order valence-electron chi connectivity index (χ0n) is 11.6. The molecular formula is C16H17N3OS. The van der Waals surface area contributed by atoms with Gasteiger partial charge < -0.3 is 11.1 Å². The Bertz CT molecular complexity index is 695. The van der Waals surface area contributed by atoms with Crippen molar-refractivity contribution in [3.63, 3.8) is 0 Å². The van der Waals surface area contributed by atoms with Gasteiger partial charge in [-0.3, -0.25) is 9.78 Å². The zero-order chi connectivity index (χ0) is 14.8. The second-order valence-corrected chi connectivity index (χ2v) is 5.87. The van der Waals surface area contributed by atoms with Crippen LogP contribution in [-0.4, -0.2) is 21.9 Å². The maximum Gasteiger partial charge on any atom is 0.270 e. The Morgan fingerprint density at radius 2 is 2.10 bits per heavy atom. The number of carbonyl (C=O) groups is 1. The van der Waals surface area contributed by atoms with Crippen molar-refractivity contribution in [2.75, 3.05) is 0 Å². The Hall–Kier alpha value is -2.01. The molecule has 1 saturated carbocycles. The van der Waals surface area contributed by atoms with Gasteiger partial charge in [-0.25, -0.2) is 0 Å². The zero-order valence-corrected chi connectivity index (χ0v) is 12.4. The molecule has 0 aliphatic heterocycles. The van der Waals surface area contributed by atoms with Gasteiger partial charge in [0.2, 0.25) is 0 Å². The third-order valence-corrected chi connectivity index (χ3v) is 4.39. The van der Waals surface area contributed by atoms with Crippen LogP contribution in [0.3, 0.4) is 0 Å². The van der Waals surface area contributed by atoms with Gasteiger partial charge in [0.25, 0.3) is 5.91 Å². The molecule has 21 heavy (non-hydrogen) atoms. The smallest absolute Gasteiger partial charge is 0.270 e. The first kappa shape index (κ1) is 13.9. The fourth-order valence-electron chi connectivity index (χ4n) is 3.01. The molecule has 2 aromatic rings. The number of carbonyl (C=O) groups excluding carboxylic acids is 1. The average molecular weight is 299 g/mol. The molecule has 5 heteroatoms. The molecule has 1 aliphatic carbocycles. The van der Waals surface area contributed by atoms with E-state index in [1.165, 1.54) is 0 Å². The van der Waals surface area contributed by atoms with E-state index in [1.807, 2.05) is 30.3 Å². The van der Waals surface area contributed by atoms with E-state index in [1.54, 1.807) is 6.20 Å². The summed E-state index contributed by atoms with van der Waals surface area (Å²) in [7, 11) is 0. The van der Waals surface area contributed by atoms with Crippen molar-refractivity contribution in [1.29, 1.82) is 0 Å². The molecule has 3 N–H and O–H groups in total. The average Bonchev–Trinajstić information content (AvgIpc) is 2.95. The number of pyridine rings is 1. The van der Waals surface area contributed by atoms with Crippen LogP contribution in [0, 0.1) is 5.92 Å².